The Morgan fingerprint density at radius 3 is 0.846 bits per heavy atom. The number of ether oxygens (including phenoxy) is 7. The second-order valence-corrected chi connectivity index (χ2v) is 14.8. The minimum absolute atomic E-state index is 0.286. The maximum absolute atomic E-state index is 16.1. The van der Waals surface area contributed by atoms with Crippen molar-refractivity contribution in [2.75, 3.05) is 52.9 Å². The van der Waals surface area contributed by atoms with Crippen molar-refractivity contribution in [2.45, 2.75) is 82.9 Å². The van der Waals surface area contributed by atoms with Gasteiger partial charge in [0.15, 0.2) is 6.10 Å². The number of carbonyl (C=O) groups excluding carboxylic acids is 5. The molecule has 65 heavy (non-hydrogen) atoms. The van der Waals surface area contributed by atoms with Crippen molar-refractivity contribution in [3.63, 3.8) is 0 Å². The molecule has 4 atom stereocenters. The summed E-state index contributed by atoms with van der Waals surface area (Å²) in [6, 6.07) is 0. The van der Waals surface area contributed by atoms with Crippen LogP contribution in [0, 0.1) is 10.8 Å². The molecule has 0 spiro atoms. The summed E-state index contributed by atoms with van der Waals surface area (Å²) < 4.78 is 248. The first-order valence-corrected chi connectivity index (χ1v) is 17.7. The van der Waals surface area contributed by atoms with Gasteiger partial charge in [-0.05, 0) is 34.6 Å². The first-order valence-electron chi connectivity index (χ1n) is 17.7. The molecule has 372 valence electrons. The van der Waals surface area contributed by atoms with E-state index in [2.05, 4.69) is 37.6 Å². The highest BCUT2D eigenvalue weighted by Gasteiger charge is 2.90. The normalized spacial score (nSPS) is 15.5. The van der Waals surface area contributed by atoms with Crippen molar-refractivity contribution in [3.8, 4) is 0 Å². The zero-order valence-corrected chi connectivity index (χ0v) is 34.9. The number of esters is 5. The lowest BCUT2D eigenvalue weighted by atomic mass is 9.76. The van der Waals surface area contributed by atoms with Crippen LogP contribution < -0.4 is 0 Å². The molecule has 0 rings (SSSR count). The Morgan fingerprint density at radius 1 is 0.400 bits per heavy atom. The molecule has 0 aromatic carbocycles. The molecule has 0 aliphatic rings. The summed E-state index contributed by atoms with van der Waals surface area (Å²) in [4.78, 5) is 62.2. The third kappa shape index (κ3) is 15.8. The summed E-state index contributed by atoms with van der Waals surface area (Å²) in [6.07, 6.45) is -43.9. The van der Waals surface area contributed by atoms with Crippen molar-refractivity contribution in [2.24, 2.45) is 10.8 Å². The molecule has 0 aliphatic carbocycles. The van der Waals surface area contributed by atoms with E-state index in [-0.39, 0.29) is 16.7 Å². The zero-order chi connectivity index (χ0) is 51.5. The van der Waals surface area contributed by atoms with Gasteiger partial charge in [0, 0.05) is 27.9 Å². The Bertz CT molecular complexity index is 1710. The van der Waals surface area contributed by atoms with Crippen molar-refractivity contribution in [1.82, 2.24) is 0 Å². The second-order valence-electron chi connectivity index (χ2n) is 14.8. The van der Waals surface area contributed by atoms with E-state index in [4.69, 9.17) is 28.4 Å². The Labute approximate surface area is 360 Å². The highest BCUT2D eigenvalue weighted by atomic mass is 19.4. The zero-order valence-electron chi connectivity index (χ0n) is 34.9. The van der Waals surface area contributed by atoms with Crippen LogP contribution in [-0.4, -0.2) is 131 Å². The van der Waals surface area contributed by atoms with Crippen LogP contribution in [0.1, 0.15) is 34.6 Å². The topological polar surface area (TPSA) is 150 Å². The fraction of sp³-hybridized carbons (Fsp3) is 0.605. The van der Waals surface area contributed by atoms with Crippen LogP contribution in [0.15, 0.2) is 60.8 Å². The molecule has 0 heterocycles. The average molecular weight is 977 g/mol. The van der Waals surface area contributed by atoms with E-state index in [0.29, 0.717) is 0 Å². The molecule has 0 N–H and O–H groups in total. The molecule has 4 unspecified atom stereocenters. The van der Waals surface area contributed by atoms with Gasteiger partial charge in [-0.3, -0.25) is 0 Å². The third-order valence-electron chi connectivity index (χ3n) is 8.31. The lowest BCUT2D eigenvalue weighted by molar-refractivity contribution is -0.419. The van der Waals surface area contributed by atoms with E-state index >= 15 is 8.78 Å². The average Bonchev–Trinajstić information content (AvgIpc) is 3.15. The molecule has 0 aliphatic heterocycles. The van der Waals surface area contributed by atoms with Crippen molar-refractivity contribution in [3.05, 3.63) is 60.8 Å². The molecule has 0 saturated carbocycles. The van der Waals surface area contributed by atoms with Crippen LogP contribution in [0.4, 0.5) is 65.9 Å². The van der Waals surface area contributed by atoms with Gasteiger partial charge < -0.3 is 33.2 Å². The maximum atomic E-state index is 16.1. The van der Waals surface area contributed by atoms with Gasteiger partial charge in [0.25, 0.3) is 11.3 Å². The standard InChI is InChI=1S/C38H43F15O12/c1-19(2)24(54)60-13-31(14-61-25(55)20(3)4,15-62-26(56)21(5)6)11-59-12-32(16-63-27(57)22(7)8,17-64-28(58)23(9)10)18-65-30(36(45,46)47)34(41,38(51,52)53)33(40,37(48,49)50)29(39)35(42,43)44/h29-30H,1,3,5,7,9,11-18H2,2,4,6,8,10H3. The molecular formula is C38H43F15O12. The predicted molar refractivity (Wildman–Crippen MR) is 191 cm³/mol. The van der Waals surface area contributed by atoms with E-state index < -0.39 is 153 Å². The molecule has 0 saturated heterocycles. The van der Waals surface area contributed by atoms with E-state index in [0.717, 1.165) is 34.6 Å². The number of hydrogen-bond donors (Lipinski definition) is 0. The van der Waals surface area contributed by atoms with E-state index in [1.807, 2.05) is 0 Å². The van der Waals surface area contributed by atoms with Crippen LogP contribution in [0.25, 0.3) is 0 Å². The van der Waals surface area contributed by atoms with E-state index in [9.17, 15) is 81.0 Å². The third-order valence-corrected chi connectivity index (χ3v) is 8.31. The number of halogens is 15. The fourth-order valence-corrected chi connectivity index (χ4v) is 4.69. The summed E-state index contributed by atoms with van der Waals surface area (Å²) in [6.45, 7) is 9.61. The summed E-state index contributed by atoms with van der Waals surface area (Å²) in [5.74, 6) is -6.65. The molecule has 0 bridgehead atoms. The van der Waals surface area contributed by atoms with Gasteiger partial charge in [0.05, 0.1) is 30.7 Å². The molecule has 27 heteroatoms. The lowest BCUT2D eigenvalue weighted by Gasteiger charge is -2.47. The van der Waals surface area contributed by atoms with E-state index in [1.165, 1.54) is 0 Å². The van der Waals surface area contributed by atoms with Crippen molar-refractivity contribution < 1.29 is 123 Å². The molecular weight excluding hydrogens is 933 g/mol. The Hall–Kier alpha value is -5.08. The van der Waals surface area contributed by atoms with Crippen molar-refractivity contribution >= 4 is 29.8 Å². The van der Waals surface area contributed by atoms with Gasteiger partial charge in [0.1, 0.15) is 33.0 Å². The smallest absolute Gasteiger partial charge is 0.429 e. The molecule has 0 radical (unpaired) electrons. The van der Waals surface area contributed by atoms with Gasteiger partial charge in [0.2, 0.25) is 6.17 Å². The predicted octanol–water partition coefficient (Wildman–Crippen LogP) is 7.96. The summed E-state index contributed by atoms with van der Waals surface area (Å²) in [5.41, 5.74) is -23.7. The fourth-order valence-electron chi connectivity index (χ4n) is 4.69. The van der Waals surface area contributed by atoms with Crippen LogP contribution in [0.5, 0.6) is 0 Å². The Morgan fingerprint density at radius 2 is 0.646 bits per heavy atom. The van der Waals surface area contributed by atoms with Crippen LogP contribution in [-0.2, 0) is 57.1 Å². The summed E-state index contributed by atoms with van der Waals surface area (Å²) in [5, 5.41) is 0. The van der Waals surface area contributed by atoms with Gasteiger partial charge in [-0.2, -0.15) is 52.7 Å². The van der Waals surface area contributed by atoms with Gasteiger partial charge in [-0.1, -0.05) is 32.9 Å². The van der Waals surface area contributed by atoms with Crippen LogP contribution >= 0.6 is 0 Å². The largest absolute Gasteiger partial charge is 0.461 e. The van der Waals surface area contributed by atoms with Gasteiger partial charge in [-0.25, -0.2) is 37.1 Å². The number of rotatable bonds is 25. The SMILES string of the molecule is C=C(C)C(=O)OCC(COCC(COC(=O)C(=C)C)(COC(=O)C(=C)C)COC(C(F)(F)F)C(F)(C(F)(F)F)C(F)(C(F)C(F)(F)F)C(F)(F)F)(COC(=O)C(=C)C)COC(=O)C(=C)C. The quantitative estimate of drug-likeness (QED) is 0.0378. The molecule has 0 amide bonds. The monoisotopic (exact) mass is 976 g/mol. The number of carbonyl (C=O) groups is 5. The highest BCUT2D eigenvalue weighted by Crippen LogP contribution is 2.60. The molecule has 0 fully saturated rings. The van der Waals surface area contributed by atoms with Gasteiger partial charge in [-0.15, -0.1) is 0 Å². The minimum atomic E-state index is -8.20. The van der Waals surface area contributed by atoms with Crippen LogP contribution in [0.2, 0.25) is 0 Å². The molecule has 0 aromatic rings. The Kier molecular flexibility index (Phi) is 20.7. The maximum Gasteiger partial charge on any atom is 0.429 e. The number of alkyl halides is 15. The first-order chi connectivity index (χ1) is 29.1. The minimum Gasteiger partial charge on any atom is -0.461 e. The summed E-state index contributed by atoms with van der Waals surface area (Å²) >= 11 is 0. The second kappa shape index (κ2) is 22.4. The first kappa shape index (κ1) is 59.9. The summed E-state index contributed by atoms with van der Waals surface area (Å²) in [7, 11) is 0. The highest BCUT2D eigenvalue weighted by molar-refractivity contribution is 5.88. The lowest BCUT2D eigenvalue weighted by Crippen LogP contribution is -2.77. The van der Waals surface area contributed by atoms with Crippen LogP contribution in [0.3, 0.4) is 0 Å². The van der Waals surface area contributed by atoms with Crippen molar-refractivity contribution in [1.29, 1.82) is 0 Å². The molecule has 12 nitrogen and oxygen atoms in total. The van der Waals surface area contributed by atoms with E-state index in [1.54, 1.807) is 0 Å². The van der Waals surface area contributed by atoms with Gasteiger partial charge >= 0.3 is 54.6 Å². The molecule has 0 aromatic heterocycles. The Balaban J connectivity index is 8.18. The number of hydrogen-bond acceptors (Lipinski definition) is 12.